The SMILES string of the molecule is Cn1cccnc1=O.O=C(O)CC(O)(CC(=O)O)C(=O)O. The Morgan fingerprint density at radius 1 is 1.19 bits per heavy atom. The van der Waals surface area contributed by atoms with Gasteiger partial charge in [0.25, 0.3) is 0 Å². The van der Waals surface area contributed by atoms with E-state index in [1.165, 1.54) is 10.8 Å². The molecule has 10 heteroatoms. The van der Waals surface area contributed by atoms with Crippen LogP contribution in [0.1, 0.15) is 12.8 Å². The van der Waals surface area contributed by atoms with Crippen LogP contribution in [0.2, 0.25) is 0 Å². The number of aliphatic carboxylic acids is 3. The first kappa shape index (κ1) is 18.2. The van der Waals surface area contributed by atoms with Crippen molar-refractivity contribution in [3.05, 3.63) is 28.9 Å². The van der Waals surface area contributed by atoms with Gasteiger partial charge in [-0.05, 0) is 6.07 Å². The highest BCUT2D eigenvalue weighted by Crippen LogP contribution is 2.15. The Morgan fingerprint density at radius 3 is 1.90 bits per heavy atom. The van der Waals surface area contributed by atoms with Crippen LogP contribution in [-0.2, 0) is 21.4 Å². The van der Waals surface area contributed by atoms with Gasteiger partial charge >= 0.3 is 23.6 Å². The molecule has 10 nitrogen and oxygen atoms in total. The molecule has 1 aromatic rings. The zero-order valence-electron chi connectivity index (χ0n) is 11.0. The predicted octanol–water partition coefficient (Wildman–Crippen LogP) is -1.47. The van der Waals surface area contributed by atoms with E-state index in [2.05, 4.69) is 4.98 Å². The topological polar surface area (TPSA) is 167 Å². The molecule has 1 aromatic heterocycles. The molecular formula is C11H14N2O8. The standard InChI is InChI=1S/C6H8O7.C5H6N2O/c7-3(8)1-6(13,5(11)12)2-4(9)10;1-7-4-2-3-6-5(7)8/h13H,1-2H2,(H,7,8)(H,9,10)(H,11,12);2-4H,1H3. The third-order valence-electron chi connectivity index (χ3n) is 2.17. The third-order valence-corrected chi connectivity index (χ3v) is 2.17. The second-order valence-corrected chi connectivity index (χ2v) is 3.99. The van der Waals surface area contributed by atoms with Crippen LogP contribution in [0.25, 0.3) is 0 Å². The average Bonchev–Trinajstić information content (AvgIpc) is 2.31. The molecule has 0 aromatic carbocycles. The van der Waals surface area contributed by atoms with Gasteiger partial charge in [0, 0.05) is 19.4 Å². The van der Waals surface area contributed by atoms with Gasteiger partial charge in [0.15, 0.2) is 5.60 Å². The fraction of sp³-hybridized carbons (Fsp3) is 0.364. The lowest BCUT2D eigenvalue weighted by atomic mass is 9.96. The number of aliphatic hydroxyl groups is 1. The van der Waals surface area contributed by atoms with Crippen LogP contribution in [0, 0.1) is 0 Å². The molecule has 0 aliphatic rings. The number of hydrogen-bond acceptors (Lipinski definition) is 6. The average molecular weight is 302 g/mol. The minimum Gasteiger partial charge on any atom is -0.481 e. The lowest BCUT2D eigenvalue weighted by Crippen LogP contribution is -2.42. The molecule has 0 atom stereocenters. The van der Waals surface area contributed by atoms with Gasteiger partial charge in [-0.1, -0.05) is 0 Å². The van der Waals surface area contributed by atoms with Crippen molar-refractivity contribution in [2.45, 2.75) is 18.4 Å². The number of hydrogen-bond donors (Lipinski definition) is 4. The van der Waals surface area contributed by atoms with Crippen molar-refractivity contribution >= 4 is 17.9 Å². The summed E-state index contributed by atoms with van der Waals surface area (Å²) in [5.41, 5.74) is -2.95. The lowest BCUT2D eigenvalue weighted by Gasteiger charge is -2.18. The fourth-order valence-electron chi connectivity index (χ4n) is 1.14. The maximum absolute atomic E-state index is 10.5. The van der Waals surface area contributed by atoms with Crippen LogP contribution < -0.4 is 5.69 Å². The van der Waals surface area contributed by atoms with Crippen molar-refractivity contribution in [3.8, 4) is 0 Å². The van der Waals surface area contributed by atoms with E-state index in [1.54, 1.807) is 19.3 Å². The van der Waals surface area contributed by atoms with Crippen molar-refractivity contribution in [2.24, 2.45) is 7.05 Å². The molecule has 0 saturated carbocycles. The van der Waals surface area contributed by atoms with Gasteiger partial charge in [0.1, 0.15) is 0 Å². The number of rotatable bonds is 5. The van der Waals surface area contributed by atoms with Crippen LogP contribution in [0.5, 0.6) is 0 Å². The van der Waals surface area contributed by atoms with E-state index < -0.39 is 36.4 Å². The molecule has 0 radical (unpaired) electrons. The Labute approximate surface area is 117 Å². The Balaban J connectivity index is 0.000000423. The highest BCUT2D eigenvalue weighted by atomic mass is 16.4. The van der Waals surface area contributed by atoms with Gasteiger partial charge in [-0.25, -0.2) is 14.6 Å². The molecule has 0 amide bonds. The third kappa shape index (κ3) is 6.82. The molecule has 1 rings (SSSR count). The lowest BCUT2D eigenvalue weighted by molar-refractivity contribution is -0.170. The van der Waals surface area contributed by atoms with E-state index in [0.29, 0.717) is 0 Å². The second-order valence-electron chi connectivity index (χ2n) is 3.99. The van der Waals surface area contributed by atoms with Crippen LogP contribution in [0.4, 0.5) is 0 Å². The van der Waals surface area contributed by atoms with Crippen molar-refractivity contribution < 1.29 is 34.8 Å². The first-order valence-corrected chi connectivity index (χ1v) is 5.45. The number of carboxylic acid groups (broad SMARTS) is 3. The van der Waals surface area contributed by atoms with Gasteiger partial charge in [-0.3, -0.25) is 9.59 Å². The van der Waals surface area contributed by atoms with E-state index in [0.717, 1.165) is 0 Å². The molecule has 0 saturated heterocycles. The fourth-order valence-corrected chi connectivity index (χ4v) is 1.14. The largest absolute Gasteiger partial charge is 0.481 e. The molecule has 0 aliphatic heterocycles. The van der Waals surface area contributed by atoms with E-state index in [1.807, 2.05) is 0 Å². The predicted molar refractivity (Wildman–Crippen MR) is 66.6 cm³/mol. The summed E-state index contributed by atoms with van der Waals surface area (Å²) in [5.74, 6) is -5.02. The van der Waals surface area contributed by atoms with E-state index in [9.17, 15) is 19.2 Å². The molecule has 0 spiro atoms. The summed E-state index contributed by atoms with van der Waals surface area (Å²) in [6.45, 7) is 0. The van der Waals surface area contributed by atoms with Crippen LogP contribution in [0.3, 0.4) is 0 Å². The minimum absolute atomic E-state index is 0.215. The quantitative estimate of drug-likeness (QED) is 0.507. The zero-order valence-corrected chi connectivity index (χ0v) is 11.0. The number of aryl methyl sites for hydroxylation is 1. The highest BCUT2D eigenvalue weighted by molar-refractivity contribution is 5.88. The van der Waals surface area contributed by atoms with Crippen LogP contribution in [-0.4, -0.2) is 53.5 Å². The molecule has 0 fully saturated rings. The Morgan fingerprint density at radius 2 is 1.67 bits per heavy atom. The summed E-state index contributed by atoms with van der Waals surface area (Å²) in [6.07, 6.45) is 0.848. The van der Waals surface area contributed by atoms with Gasteiger partial charge in [0.2, 0.25) is 0 Å². The number of aromatic nitrogens is 2. The molecule has 21 heavy (non-hydrogen) atoms. The first-order valence-electron chi connectivity index (χ1n) is 5.45. The van der Waals surface area contributed by atoms with Crippen molar-refractivity contribution in [1.29, 1.82) is 0 Å². The smallest absolute Gasteiger partial charge is 0.347 e. The summed E-state index contributed by atoms with van der Waals surface area (Å²) >= 11 is 0. The monoisotopic (exact) mass is 302 g/mol. The molecule has 0 bridgehead atoms. The summed E-state index contributed by atoms with van der Waals surface area (Å²) in [6, 6.07) is 1.71. The van der Waals surface area contributed by atoms with Crippen molar-refractivity contribution in [2.75, 3.05) is 0 Å². The molecule has 0 unspecified atom stereocenters. The van der Waals surface area contributed by atoms with Crippen LogP contribution >= 0.6 is 0 Å². The summed E-state index contributed by atoms with van der Waals surface area (Å²) in [7, 11) is 1.66. The van der Waals surface area contributed by atoms with Gasteiger partial charge in [0.05, 0.1) is 12.8 Å². The Hall–Kier alpha value is -2.75. The summed E-state index contributed by atoms with van der Waals surface area (Å²) in [5, 5.41) is 33.8. The number of carboxylic acids is 3. The van der Waals surface area contributed by atoms with Gasteiger partial charge in [-0.15, -0.1) is 0 Å². The normalized spacial score (nSPS) is 10.2. The van der Waals surface area contributed by atoms with E-state index in [4.69, 9.17) is 20.4 Å². The van der Waals surface area contributed by atoms with E-state index in [-0.39, 0.29) is 5.69 Å². The van der Waals surface area contributed by atoms with Crippen LogP contribution in [0.15, 0.2) is 23.3 Å². The summed E-state index contributed by atoms with van der Waals surface area (Å²) < 4.78 is 1.42. The maximum Gasteiger partial charge on any atom is 0.347 e. The maximum atomic E-state index is 10.5. The molecule has 1 heterocycles. The van der Waals surface area contributed by atoms with Crippen molar-refractivity contribution in [1.82, 2.24) is 9.55 Å². The minimum atomic E-state index is -2.74. The zero-order chi connectivity index (χ0) is 16.6. The number of carbonyl (C=O) groups is 3. The molecular weight excluding hydrogens is 288 g/mol. The Bertz CT molecular complexity index is 564. The molecule has 0 aliphatic carbocycles. The molecule has 4 N–H and O–H groups in total. The van der Waals surface area contributed by atoms with Gasteiger partial charge < -0.3 is 25.0 Å². The van der Waals surface area contributed by atoms with Gasteiger partial charge in [-0.2, -0.15) is 0 Å². The highest BCUT2D eigenvalue weighted by Gasteiger charge is 2.40. The Kier molecular flexibility index (Phi) is 6.73. The summed E-state index contributed by atoms with van der Waals surface area (Å²) in [4.78, 5) is 44.4. The van der Waals surface area contributed by atoms with Crippen molar-refractivity contribution in [3.63, 3.8) is 0 Å². The first-order chi connectivity index (χ1) is 9.58. The molecule has 116 valence electrons. The number of nitrogens with zero attached hydrogens (tertiary/aromatic N) is 2. The second kappa shape index (κ2) is 7.75. The van der Waals surface area contributed by atoms with E-state index >= 15 is 0 Å².